The molecule has 0 saturated carbocycles. The Morgan fingerprint density at radius 2 is 1.79 bits per heavy atom. The van der Waals surface area contributed by atoms with E-state index < -0.39 is 6.09 Å². The number of nitrogens with zero attached hydrogens (tertiary/aromatic N) is 1. The molecule has 126 valence electrons. The van der Waals surface area contributed by atoms with Crippen molar-refractivity contribution in [3.05, 3.63) is 57.8 Å². The van der Waals surface area contributed by atoms with E-state index in [0.717, 1.165) is 0 Å². The number of nitrogens with one attached hydrogen (secondary N) is 1. The number of hydrogen-bond acceptors (Lipinski definition) is 3. The molecule has 24 heavy (non-hydrogen) atoms. The molecule has 1 aromatic carbocycles. The SMILES string of the molecule is Clc1cncc(Cl)c1.O=C(Nc1cccc(Cl)c1)OCC#CCCl. The van der Waals surface area contributed by atoms with Gasteiger partial charge in [0, 0.05) is 23.1 Å². The van der Waals surface area contributed by atoms with E-state index in [0.29, 0.717) is 20.8 Å². The molecule has 4 nitrogen and oxygen atoms in total. The quantitative estimate of drug-likeness (QED) is 0.528. The van der Waals surface area contributed by atoms with Gasteiger partial charge < -0.3 is 4.74 Å². The van der Waals surface area contributed by atoms with Crippen molar-refractivity contribution in [1.29, 1.82) is 0 Å². The van der Waals surface area contributed by atoms with Gasteiger partial charge in [-0.25, -0.2) is 4.79 Å². The number of benzene rings is 1. The number of anilines is 1. The molecule has 0 spiro atoms. The first-order chi connectivity index (χ1) is 11.5. The minimum atomic E-state index is -0.578. The van der Waals surface area contributed by atoms with E-state index in [1.54, 1.807) is 30.3 Å². The van der Waals surface area contributed by atoms with Crippen LogP contribution in [0.5, 0.6) is 0 Å². The Balaban J connectivity index is 0.000000300. The van der Waals surface area contributed by atoms with Gasteiger partial charge in [-0.15, -0.1) is 11.6 Å². The number of pyridine rings is 1. The van der Waals surface area contributed by atoms with Crippen LogP contribution < -0.4 is 5.32 Å². The number of carbonyl (C=O) groups is 1. The molecule has 0 radical (unpaired) electrons. The lowest BCUT2D eigenvalue weighted by atomic mass is 10.3. The highest BCUT2D eigenvalue weighted by molar-refractivity contribution is 6.34. The Morgan fingerprint density at radius 1 is 1.08 bits per heavy atom. The van der Waals surface area contributed by atoms with E-state index in [2.05, 4.69) is 22.1 Å². The summed E-state index contributed by atoms with van der Waals surface area (Å²) in [5.74, 6) is 5.36. The molecular formula is C16H12Cl4N2O2. The zero-order valence-electron chi connectivity index (χ0n) is 12.2. The van der Waals surface area contributed by atoms with Crippen LogP contribution >= 0.6 is 46.4 Å². The molecule has 1 N–H and O–H groups in total. The Labute approximate surface area is 160 Å². The number of alkyl halides is 1. The first-order valence-corrected chi connectivity index (χ1v) is 8.15. The summed E-state index contributed by atoms with van der Waals surface area (Å²) in [4.78, 5) is 14.9. The van der Waals surface area contributed by atoms with Crippen molar-refractivity contribution in [1.82, 2.24) is 4.98 Å². The molecule has 0 aliphatic rings. The number of hydrogen-bond donors (Lipinski definition) is 1. The third-order valence-electron chi connectivity index (χ3n) is 2.21. The van der Waals surface area contributed by atoms with E-state index in [4.69, 9.17) is 51.1 Å². The minimum Gasteiger partial charge on any atom is -0.436 e. The topological polar surface area (TPSA) is 51.2 Å². The molecule has 0 atom stereocenters. The standard InChI is InChI=1S/C11H9Cl2NO2.C5H3Cl2N/c12-6-1-2-7-16-11(15)14-10-5-3-4-9(13)8-10;6-4-1-5(7)3-8-2-4/h3-5,8H,6-7H2,(H,14,15);1-3H. The molecule has 0 fully saturated rings. The molecule has 1 heterocycles. The average molecular weight is 406 g/mol. The number of carbonyl (C=O) groups excluding carboxylic acids is 1. The Kier molecular flexibility index (Phi) is 10.1. The lowest BCUT2D eigenvalue weighted by Crippen LogP contribution is -2.13. The van der Waals surface area contributed by atoms with Gasteiger partial charge in [0.15, 0.2) is 6.61 Å². The number of ether oxygens (including phenoxy) is 1. The fraction of sp³-hybridized carbons (Fsp3) is 0.125. The van der Waals surface area contributed by atoms with Gasteiger partial charge >= 0.3 is 6.09 Å². The molecule has 1 amide bonds. The van der Waals surface area contributed by atoms with Crippen LogP contribution in [0, 0.1) is 11.8 Å². The van der Waals surface area contributed by atoms with Crippen LogP contribution in [0.3, 0.4) is 0 Å². The highest BCUT2D eigenvalue weighted by Crippen LogP contribution is 2.14. The summed E-state index contributed by atoms with van der Waals surface area (Å²) in [6, 6.07) is 8.40. The molecule has 0 aliphatic heterocycles. The number of amides is 1. The molecule has 0 bridgehead atoms. The Bertz CT molecular complexity index is 712. The molecule has 0 aliphatic carbocycles. The fourth-order valence-corrected chi connectivity index (χ4v) is 1.99. The van der Waals surface area contributed by atoms with E-state index in [9.17, 15) is 4.79 Å². The van der Waals surface area contributed by atoms with Gasteiger partial charge in [-0.2, -0.15) is 0 Å². The van der Waals surface area contributed by atoms with Gasteiger partial charge in [0.2, 0.25) is 0 Å². The molecular weight excluding hydrogens is 394 g/mol. The zero-order chi connectivity index (χ0) is 17.8. The number of halogens is 4. The highest BCUT2D eigenvalue weighted by Gasteiger charge is 2.01. The summed E-state index contributed by atoms with van der Waals surface area (Å²) in [7, 11) is 0. The Morgan fingerprint density at radius 3 is 2.33 bits per heavy atom. The molecule has 0 unspecified atom stereocenters. The van der Waals surface area contributed by atoms with E-state index in [-0.39, 0.29) is 12.5 Å². The molecule has 1 aromatic heterocycles. The normalized spacial score (nSPS) is 9.00. The summed E-state index contributed by atoms with van der Waals surface area (Å²) in [5.41, 5.74) is 0.572. The third-order valence-corrected chi connectivity index (χ3v) is 2.99. The molecule has 2 rings (SSSR count). The van der Waals surface area contributed by atoms with Crippen molar-refractivity contribution in [3.63, 3.8) is 0 Å². The number of rotatable bonds is 2. The minimum absolute atomic E-state index is 0.0130. The second-order valence-corrected chi connectivity index (χ2v) is 5.60. The van der Waals surface area contributed by atoms with E-state index in [1.165, 1.54) is 12.4 Å². The van der Waals surface area contributed by atoms with Crippen molar-refractivity contribution in [2.75, 3.05) is 17.8 Å². The van der Waals surface area contributed by atoms with Gasteiger partial charge in [0.25, 0.3) is 0 Å². The molecule has 2 aromatic rings. The van der Waals surface area contributed by atoms with Crippen molar-refractivity contribution < 1.29 is 9.53 Å². The maximum Gasteiger partial charge on any atom is 0.412 e. The van der Waals surface area contributed by atoms with Crippen LogP contribution in [-0.2, 0) is 4.74 Å². The maximum absolute atomic E-state index is 11.2. The van der Waals surface area contributed by atoms with Crippen LogP contribution in [0.15, 0.2) is 42.7 Å². The van der Waals surface area contributed by atoms with Gasteiger partial charge in [-0.05, 0) is 24.3 Å². The largest absolute Gasteiger partial charge is 0.436 e. The monoisotopic (exact) mass is 404 g/mol. The summed E-state index contributed by atoms with van der Waals surface area (Å²) in [6.45, 7) is 0.0130. The summed E-state index contributed by atoms with van der Waals surface area (Å²) >= 11 is 22.1. The van der Waals surface area contributed by atoms with Gasteiger partial charge in [0.05, 0.1) is 15.9 Å². The number of aromatic nitrogens is 1. The second-order valence-electron chi connectivity index (χ2n) is 4.02. The first kappa shape index (κ1) is 20.4. The van der Waals surface area contributed by atoms with E-state index in [1.807, 2.05) is 0 Å². The lowest BCUT2D eigenvalue weighted by Gasteiger charge is -2.04. The maximum atomic E-state index is 11.2. The van der Waals surface area contributed by atoms with Crippen molar-refractivity contribution in [3.8, 4) is 11.8 Å². The lowest BCUT2D eigenvalue weighted by molar-refractivity contribution is 0.176. The average Bonchev–Trinajstić information content (AvgIpc) is 2.52. The predicted molar refractivity (Wildman–Crippen MR) is 99.2 cm³/mol. The van der Waals surface area contributed by atoms with Crippen LogP contribution in [0.4, 0.5) is 10.5 Å². The fourth-order valence-electron chi connectivity index (χ4n) is 1.31. The zero-order valence-corrected chi connectivity index (χ0v) is 15.3. The molecule has 8 heteroatoms. The highest BCUT2D eigenvalue weighted by atomic mass is 35.5. The van der Waals surface area contributed by atoms with Crippen molar-refractivity contribution >= 4 is 58.2 Å². The smallest absolute Gasteiger partial charge is 0.412 e. The van der Waals surface area contributed by atoms with Crippen LogP contribution in [0.25, 0.3) is 0 Å². The summed E-state index contributed by atoms with van der Waals surface area (Å²) < 4.78 is 4.76. The van der Waals surface area contributed by atoms with Gasteiger partial charge in [0.1, 0.15) is 0 Å². The van der Waals surface area contributed by atoms with Crippen LogP contribution in [0.1, 0.15) is 0 Å². The van der Waals surface area contributed by atoms with Crippen molar-refractivity contribution in [2.24, 2.45) is 0 Å². The van der Waals surface area contributed by atoms with Crippen LogP contribution in [0.2, 0.25) is 15.1 Å². The van der Waals surface area contributed by atoms with Gasteiger partial charge in [-0.1, -0.05) is 52.7 Å². The first-order valence-electron chi connectivity index (χ1n) is 6.48. The molecule has 0 saturated heterocycles. The Hall–Kier alpha value is -1.64. The van der Waals surface area contributed by atoms with E-state index >= 15 is 0 Å². The third kappa shape index (κ3) is 9.49. The van der Waals surface area contributed by atoms with Gasteiger partial charge in [-0.3, -0.25) is 10.3 Å². The summed E-state index contributed by atoms with van der Waals surface area (Å²) in [5, 5.41) is 4.19. The summed E-state index contributed by atoms with van der Waals surface area (Å²) in [6.07, 6.45) is 2.49. The second kappa shape index (κ2) is 11.8. The van der Waals surface area contributed by atoms with Crippen LogP contribution in [-0.4, -0.2) is 23.6 Å². The predicted octanol–water partition coefficient (Wildman–Crippen LogP) is 5.52. The van der Waals surface area contributed by atoms with Crippen molar-refractivity contribution in [2.45, 2.75) is 0 Å².